The molecule has 10 nitrogen and oxygen atoms in total. The standard InChI is InChI=1S/C21H34BN5O5/c1-31-16-7-4-6-15(14-16)9-13-25-18(28)21(10-2-3-11-21)19(29)27-17(32-22-30)8-5-12-26-20(23)24/h4,6-7,14,17,22,30H,2-3,5,8-13H2,1H3,(H,25,28)(H,27,29)(H4,23,24,26)/t17-/m1/s1. The second-order valence-electron chi connectivity index (χ2n) is 7.89. The van der Waals surface area contributed by atoms with Crippen molar-refractivity contribution in [1.82, 2.24) is 16.0 Å². The molecule has 2 amide bonds. The zero-order valence-electron chi connectivity index (χ0n) is 18.6. The predicted octanol–water partition coefficient (Wildman–Crippen LogP) is -0.105. The number of nitrogens with one attached hydrogen (secondary N) is 4. The molecule has 2 rings (SSSR count). The maximum Gasteiger partial charge on any atom is 0.436 e. The summed E-state index contributed by atoms with van der Waals surface area (Å²) in [6.45, 7) is 0.848. The molecule has 1 aromatic carbocycles. The fourth-order valence-corrected chi connectivity index (χ4v) is 3.94. The maximum absolute atomic E-state index is 13.1. The highest BCUT2D eigenvalue weighted by Crippen LogP contribution is 2.39. The second kappa shape index (κ2) is 12.9. The van der Waals surface area contributed by atoms with Gasteiger partial charge >= 0.3 is 7.69 Å². The van der Waals surface area contributed by atoms with Crippen LogP contribution in [-0.2, 0) is 20.7 Å². The van der Waals surface area contributed by atoms with Crippen LogP contribution < -0.4 is 26.4 Å². The minimum absolute atomic E-state index is 0.135. The molecule has 11 heteroatoms. The van der Waals surface area contributed by atoms with Gasteiger partial charge in [0.2, 0.25) is 11.8 Å². The molecule has 1 aliphatic rings. The smallest absolute Gasteiger partial charge is 0.436 e. The number of rotatable bonds is 13. The highest BCUT2D eigenvalue weighted by atomic mass is 16.5. The molecule has 1 aromatic rings. The van der Waals surface area contributed by atoms with E-state index in [9.17, 15) is 9.59 Å². The lowest BCUT2D eigenvalue weighted by Crippen LogP contribution is -2.53. The van der Waals surface area contributed by atoms with Crippen molar-refractivity contribution >= 4 is 25.5 Å². The molecule has 0 spiro atoms. The number of guanidine groups is 1. The third-order valence-electron chi connectivity index (χ3n) is 5.69. The van der Waals surface area contributed by atoms with Gasteiger partial charge in [-0.15, -0.1) is 0 Å². The van der Waals surface area contributed by atoms with Gasteiger partial charge in [0.25, 0.3) is 0 Å². The number of methoxy groups -OCH3 is 1. The lowest BCUT2D eigenvalue weighted by Gasteiger charge is -2.29. The molecule has 32 heavy (non-hydrogen) atoms. The van der Waals surface area contributed by atoms with Crippen LogP contribution in [0, 0.1) is 10.8 Å². The fourth-order valence-electron chi connectivity index (χ4n) is 3.94. The summed E-state index contributed by atoms with van der Waals surface area (Å²) in [5.74, 6) is -0.0404. The van der Waals surface area contributed by atoms with E-state index in [1.165, 1.54) is 0 Å². The van der Waals surface area contributed by atoms with Gasteiger partial charge in [-0.2, -0.15) is 0 Å². The summed E-state index contributed by atoms with van der Waals surface area (Å²) >= 11 is 0. The lowest BCUT2D eigenvalue weighted by atomic mass is 9.83. The van der Waals surface area contributed by atoms with Gasteiger partial charge < -0.3 is 36.1 Å². The molecule has 0 aliphatic heterocycles. The van der Waals surface area contributed by atoms with E-state index in [1.54, 1.807) is 7.11 Å². The number of amides is 2. The van der Waals surface area contributed by atoms with Crippen LogP contribution in [0.3, 0.4) is 0 Å². The van der Waals surface area contributed by atoms with E-state index in [2.05, 4.69) is 16.0 Å². The Morgan fingerprint density at radius 1 is 1.25 bits per heavy atom. The predicted molar refractivity (Wildman–Crippen MR) is 122 cm³/mol. The van der Waals surface area contributed by atoms with Crippen LogP contribution >= 0.6 is 0 Å². The van der Waals surface area contributed by atoms with Crippen molar-refractivity contribution in [3.05, 3.63) is 29.8 Å². The first kappa shape index (κ1) is 25.5. The average molecular weight is 447 g/mol. The molecule has 0 aromatic heterocycles. The number of ether oxygens (including phenoxy) is 1. The molecule has 1 atom stereocenters. The lowest BCUT2D eigenvalue weighted by molar-refractivity contribution is -0.145. The van der Waals surface area contributed by atoms with Crippen LogP contribution in [0.5, 0.6) is 5.75 Å². The molecule has 7 N–H and O–H groups in total. The van der Waals surface area contributed by atoms with Crippen molar-refractivity contribution in [2.75, 3.05) is 20.2 Å². The molecule has 176 valence electrons. The highest BCUT2D eigenvalue weighted by molar-refractivity contribution is 6.16. The first-order chi connectivity index (χ1) is 15.4. The van der Waals surface area contributed by atoms with Crippen LogP contribution in [0.2, 0.25) is 0 Å². The Labute approximate surface area is 189 Å². The van der Waals surface area contributed by atoms with Crippen LogP contribution in [-0.4, -0.2) is 56.9 Å². The second-order valence-corrected chi connectivity index (χ2v) is 7.89. The van der Waals surface area contributed by atoms with E-state index in [1.807, 2.05) is 24.3 Å². The third-order valence-corrected chi connectivity index (χ3v) is 5.69. The summed E-state index contributed by atoms with van der Waals surface area (Å²) in [6, 6.07) is 7.64. The van der Waals surface area contributed by atoms with Crippen molar-refractivity contribution in [2.24, 2.45) is 11.1 Å². The molecule has 0 bridgehead atoms. The molecule has 0 unspecified atom stereocenters. The summed E-state index contributed by atoms with van der Waals surface area (Å²) in [7, 11) is 1.06. The number of benzene rings is 1. The van der Waals surface area contributed by atoms with E-state index in [-0.39, 0.29) is 17.8 Å². The summed E-state index contributed by atoms with van der Waals surface area (Å²) in [5, 5.41) is 24.7. The van der Waals surface area contributed by atoms with Gasteiger partial charge in [-0.1, -0.05) is 25.0 Å². The molecule has 0 saturated heterocycles. The Morgan fingerprint density at radius 3 is 2.66 bits per heavy atom. The molecule has 1 saturated carbocycles. The van der Waals surface area contributed by atoms with E-state index in [0.29, 0.717) is 45.2 Å². The van der Waals surface area contributed by atoms with E-state index in [0.717, 1.165) is 24.2 Å². The SMILES string of the molecule is COc1cccc(CCNC(=O)C2(C(=O)N[C@@H](CCCNC(=N)N)OBO)CCCC2)c1. The Bertz CT molecular complexity index is 773. The molecule has 1 fully saturated rings. The molecule has 0 radical (unpaired) electrons. The van der Waals surface area contributed by atoms with E-state index >= 15 is 0 Å². The van der Waals surface area contributed by atoms with E-state index < -0.39 is 19.3 Å². The zero-order chi connectivity index (χ0) is 23.4. The first-order valence-electron chi connectivity index (χ1n) is 10.9. The summed E-state index contributed by atoms with van der Waals surface area (Å²) < 4.78 is 10.5. The Morgan fingerprint density at radius 2 is 2.00 bits per heavy atom. The quantitative estimate of drug-likeness (QED) is 0.0615. The van der Waals surface area contributed by atoms with Crippen LogP contribution in [0.25, 0.3) is 0 Å². The maximum atomic E-state index is 13.1. The largest absolute Gasteiger partial charge is 0.497 e. The number of hydrogen-bond acceptors (Lipinski definition) is 6. The monoisotopic (exact) mass is 447 g/mol. The third kappa shape index (κ3) is 7.42. The van der Waals surface area contributed by atoms with Crippen molar-refractivity contribution in [3.63, 3.8) is 0 Å². The average Bonchev–Trinajstić information content (AvgIpc) is 3.28. The molecular formula is C21H34BN5O5. The van der Waals surface area contributed by atoms with Crippen molar-refractivity contribution in [1.29, 1.82) is 5.41 Å². The van der Waals surface area contributed by atoms with Gasteiger partial charge in [0.1, 0.15) is 17.4 Å². The fraction of sp³-hybridized carbons (Fsp3) is 0.571. The van der Waals surface area contributed by atoms with Crippen molar-refractivity contribution in [2.45, 2.75) is 51.2 Å². The molecule has 0 heterocycles. The summed E-state index contributed by atoms with van der Waals surface area (Å²) in [4.78, 5) is 26.2. The van der Waals surface area contributed by atoms with Gasteiger partial charge in [0.05, 0.1) is 7.11 Å². The minimum Gasteiger partial charge on any atom is -0.497 e. The van der Waals surface area contributed by atoms with Gasteiger partial charge in [-0.25, -0.2) is 0 Å². The van der Waals surface area contributed by atoms with Gasteiger partial charge in [-0.3, -0.25) is 15.0 Å². The summed E-state index contributed by atoms with van der Waals surface area (Å²) in [6.07, 6.45) is 3.40. The Balaban J connectivity index is 1.93. The van der Waals surface area contributed by atoms with Crippen molar-refractivity contribution < 1.29 is 24.0 Å². The zero-order valence-corrected chi connectivity index (χ0v) is 18.6. The number of carbonyl (C=O) groups excluding carboxylic acids is 2. The van der Waals surface area contributed by atoms with Gasteiger partial charge in [-0.05, 0) is 49.8 Å². The number of nitrogens with two attached hydrogens (primary N) is 1. The molecule has 1 aliphatic carbocycles. The number of carbonyl (C=O) groups is 2. The van der Waals surface area contributed by atoms with Crippen LogP contribution in [0.1, 0.15) is 44.1 Å². The van der Waals surface area contributed by atoms with Crippen LogP contribution in [0.15, 0.2) is 24.3 Å². The number of hydrogen-bond donors (Lipinski definition) is 6. The van der Waals surface area contributed by atoms with Crippen molar-refractivity contribution in [3.8, 4) is 5.75 Å². The molecular weight excluding hydrogens is 413 g/mol. The summed E-state index contributed by atoms with van der Waals surface area (Å²) in [5.41, 5.74) is 5.15. The first-order valence-corrected chi connectivity index (χ1v) is 10.9. The van der Waals surface area contributed by atoms with Gasteiger partial charge in [0.15, 0.2) is 5.96 Å². The highest BCUT2D eigenvalue weighted by Gasteiger charge is 2.48. The normalized spacial score (nSPS) is 15.4. The Kier molecular flexibility index (Phi) is 10.3. The van der Waals surface area contributed by atoms with Gasteiger partial charge in [0, 0.05) is 13.1 Å². The van der Waals surface area contributed by atoms with Crippen LogP contribution in [0.4, 0.5) is 0 Å². The Hall–Kier alpha value is -2.79. The van der Waals surface area contributed by atoms with E-state index in [4.69, 9.17) is 25.6 Å². The minimum atomic E-state index is -1.14. The topological polar surface area (TPSA) is 159 Å².